The van der Waals surface area contributed by atoms with E-state index in [2.05, 4.69) is 10.2 Å². The number of hydrogen-bond acceptors (Lipinski definition) is 5. The molecule has 1 saturated heterocycles. The summed E-state index contributed by atoms with van der Waals surface area (Å²) in [7, 11) is 0. The van der Waals surface area contributed by atoms with E-state index in [-0.39, 0.29) is 11.8 Å². The van der Waals surface area contributed by atoms with Crippen molar-refractivity contribution < 1.29 is 9.47 Å². The SMILES string of the molecule is Cc1ccccc1-n1ncc2c(C)nn(CCC3OCCCO3)c(=O)c21. The summed E-state index contributed by atoms with van der Waals surface area (Å²) < 4.78 is 14.3. The first-order valence-corrected chi connectivity index (χ1v) is 8.90. The minimum absolute atomic E-state index is 0.151. The van der Waals surface area contributed by atoms with Crippen molar-refractivity contribution >= 4 is 10.9 Å². The van der Waals surface area contributed by atoms with Crippen LogP contribution in [0.15, 0.2) is 35.3 Å². The van der Waals surface area contributed by atoms with Gasteiger partial charge in [-0.25, -0.2) is 9.36 Å². The minimum atomic E-state index is -0.269. The van der Waals surface area contributed by atoms with Gasteiger partial charge in [-0.15, -0.1) is 0 Å². The Kier molecular flexibility index (Phi) is 4.57. The van der Waals surface area contributed by atoms with E-state index < -0.39 is 0 Å². The first-order valence-electron chi connectivity index (χ1n) is 8.90. The van der Waals surface area contributed by atoms with Crippen molar-refractivity contribution in [3.05, 3.63) is 52.1 Å². The summed E-state index contributed by atoms with van der Waals surface area (Å²) in [5.74, 6) is 0. The molecule has 0 bridgehead atoms. The number of rotatable bonds is 4. The molecule has 0 saturated carbocycles. The molecule has 0 spiro atoms. The Hall–Kier alpha value is -2.51. The van der Waals surface area contributed by atoms with E-state index in [1.54, 1.807) is 10.9 Å². The molecule has 26 heavy (non-hydrogen) atoms. The van der Waals surface area contributed by atoms with Gasteiger partial charge in [-0.2, -0.15) is 10.2 Å². The number of fused-ring (bicyclic) bond motifs is 1. The summed E-state index contributed by atoms with van der Waals surface area (Å²) in [6.07, 6.45) is 2.95. The minimum Gasteiger partial charge on any atom is -0.353 e. The van der Waals surface area contributed by atoms with Gasteiger partial charge in [-0.3, -0.25) is 4.79 Å². The van der Waals surface area contributed by atoms with Crippen LogP contribution in [0.2, 0.25) is 0 Å². The molecule has 0 N–H and O–H groups in total. The molecule has 136 valence electrons. The van der Waals surface area contributed by atoms with E-state index in [9.17, 15) is 4.79 Å². The average molecular weight is 354 g/mol. The van der Waals surface area contributed by atoms with Crippen molar-refractivity contribution in [2.45, 2.75) is 39.5 Å². The molecular weight excluding hydrogens is 332 g/mol. The molecule has 0 unspecified atom stereocenters. The number of hydrogen-bond donors (Lipinski definition) is 0. The van der Waals surface area contributed by atoms with Crippen molar-refractivity contribution in [1.29, 1.82) is 0 Å². The Morgan fingerprint density at radius 2 is 1.96 bits per heavy atom. The molecule has 0 atom stereocenters. The molecule has 0 aliphatic carbocycles. The lowest BCUT2D eigenvalue weighted by atomic mass is 10.2. The predicted molar refractivity (Wildman–Crippen MR) is 97.5 cm³/mol. The lowest BCUT2D eigenvalue weighted by molar-refractivity contribution is -0.182. The second kappa shape index (κ2) is 7.01. The second-order valence-corrected chi connectivity index (χ2v) is 6.53. The zero-order chi connectivity index (χ0) is 18.1. The maximum absolute atomic E-state index is 13.1. The van der Waals surface area contributed by atoms with E-state index in [1.807, 2.05) is 38.1 Å². The van der Waals surface area contributed by atoms with Gasteiger partial charge in [-0.1, -0.05) is 18.2 Å². The third-order valence-corrected chi connectivity index (χ3v) is 4.68. The first-order chi connectivity index (χ1) is 12.6. The van der Waals surface area contributed by atoms with Gasteiger partial charge in [0.25, 0.3) is 5.56 Å². The lowest BCUT2D eigenvalue weighted by Gasteiger charge is -2.23. The monoisotopic (exact) mass is 354 g/mol. The summed E-state index contributed by atoms with van der Waals surface area (Å²) in [6, 6.07) is 7.89. The Morgan fingerprint density at radius 3 is 2.73 bits per heavy atom. The lowest BCUT2D eigenvalue weighted by Crippen LogP contribution is -2.30. The van der Waals surface area contributed by atoms with Crippen LogP contribution in [0.25, 0.3) is 16.6 Å². The third kappa shape index (κ3) is 3.04. The number of aryl methyl sites for hydroxylation is 3. The van der Waals surface area contributed by atoms with E-state index in [1.165, 1.54) is 4.68 Å². The Balaban J connectivity index is 1.74. The van der Waals surface area contributed by atoms with Crippen molar-refractivity contribution in [2.24, 2.45) is 0 Å². The van der Waals surface area contributed by atoms with Crippen LogP contribution in [-0.2, 0) is 16.0 Å². The molecule has 1 fully saturated rings. The summed E-state index contributed by atoms with van der Waals surface area (Å²) in [5.41, 5.74) is 3.14. The second-order valence-electron chi connectivity index (χ2n) is 6.53. The van der Waals surface area contributed by atoms with Crippen molar-refractivity contribution in [3.8, 4) is 5.69 Å². The molecule has 1 aromatic carbocycles. The normalized spacial score (nSPS) is 15.6. The fraction of sp³-hybridized carbons (Fsp3) is 0.421. The van der Waals surface area contributed by atoms with Crippen LogP contribution in [0.5, 0.6) is 0 Å². The fourth-order valence-electron chi connectivity index (χ4n) is 3.29. The van der Waals surface area contributed by atoms with E-state index in [0.717, 1.165) is 28.8 Å². The summed E-state index contributed by atoms with van der Waals surface area (Å²) in [6.45, 7) is 5.75. The molecule has 4 rings (SSSR count). The highest BCUT2D eigenvalue weighted by molar-refractivity contribution is 5.81. The molecule has 3 heterocycles. The highest BCUT2D eigenvalue weighted by Gasteiger charge is 2.18. The zero-order valence-corrected chi connectivity index (χ0v) is 15.0. The molecule has 0 amide bonds. The van der Waals surface area contributed by atoms with Crippen LogP contribution >= 0.6 is 0 Å². The number of para-hydroxylation sites is 1. The molecule has 3 aromatic rings. The van der Waals surface area contributed by atoms with Gasteiger partial charge in [0.05, 0.1) is 30.8 Å². The highest BCUT2D eigenvalue weighted by Crippen LogP contribution is 2.19. The quantitative estimate of drug-likeness (QED) is 0.719. The van der Waals surface area contributed by atoms with Crippen LogP contribution < -0.4 is 5.56 Å². The largest absolute Gasteiger partial charge is 0.353 e. The van der Waals surface area contributed by atoms with Gasteiger partial charge < -0.3 is 9.47 Å². The molecular formula is C19H22N4O3. The molecule has 2 aromatic heterocycles. The van der Waals surface area contributed by atoms with Gasteiger partial charge in [0.15, 0.2) is 6.29 Å². The fourth-order valence-corrected chi connectivity index (χ4v) is 3.29. The zero-order valence-electron chi connectivity index (χ0n) is 15.0. The van der Waals surface area contributed by atoms with Gasteiger partial charge in [0, 0.05) is 18.4 Å². The van der Waals surface area contributed by atoms with Crippen LogP contribution in [-0.4, -0.2) is 39.1 Å². The molecule has 1 aliphatic heterocycles. The summed E-state index contributed by atoms with van der Waals surface area (Å²) >= 11 is 0. The van der Waals surface area contributed by atoms with Crippen molar-refractivity contribution in [2.75, 3.05) is 13.2 Å². The van der Waals surface area contributed by atoms with E-state index in [0.29, 0.717) is 31.7 Å². The molecule has 0 radical (unpaired) electrons. The number of ether oxygens (including phenoxy) is 2. The number of benzene rings is 1. The van der Waals surface area contributed by atoms with Crippen LogP contribution in [0.1, 0.15) is 24.1 Å². The van der Waals surface area contributed by atoms with Crippen molar-refractivity contribution in [1.82, 2.24) is 19.6 Å². The van der Waals surface area contributed by atoms with Gasteiger partial charge in [0.2, 0.25) is 0 Å². The van der Waals surface area contributed by atoms with Crippen LogP contribution in [0.4, 0.5) is 0 Å². The Bertz CT molecular complexity index is 986. The molecule has 7 nitrogen and oxygen atoms in total. The number of aromatic nitrogens is 4. The summed E-state index contributed by atoms with van der Waals surface area (Å²) in [4.78, 5) is 13.1. The summed E-state index contributed by atoms with van der Waals surface area (Å²) in [5, 5.41) is 9.68. The van der Waals surface area contributed by atoms with E-state index in [4.69, 9.17) is 9.47 Å². The third-order valence-electron chi connectivity index (χ3n) is 4.68. The van der Waals surface area contributed by atoms with Crippen LogP contribution in [0, 0.1) is 13.8 Å². The van der Waals surface area contributed by atoms with Crippen LogP contribution in [0.3, 0.4) is 0 Å². The standard InChI is InChI=1S/C19H22N4O3/c1-13-6-3-4-7-16(13)23-18-15(12-20-23)14(2)21-22(19(18)24)9-8-17-25-10-5-11-26-17/h3-4,6-7,12,17H,5,8-11H2,1-2H3. The Labute approximate surface area is 151 Å². The van der Waals surface area contributed by atoms with Gasteiger partial charge in [-0.05, 0) is 31.9 Å². The predicted octanol–water partition coefficient (Wildman–Crippen LogP) is 2.35. The van der Waals surface area contributed by atoms with Gasteiger partial charge in [0.1, 0.15) is 5.52 Å². The number of nitrogens with zero attached hydrogens (tertiary/aromatic N) is 4. The maximum atomic E-state index is 13.1. The average Bonchev–Trinajstić information content (AvgIpc) is 3.10. The van der Waals surface area contributed by atoms with E-state index >= 15 is 0 Å². The smallest absolute Gasteiger partial charge is 0.293 e. The highest BCUT2D eigenvalue weighted by atomic mass is 16.7. The first kappa shape index (κ1) is 16.9. The molecule has 7 heteroatoms. The topological polar surface area (TPSA) is 71.2 Å². The maximum Gasteiger partial charge on any atom is 0.293 e. The Morgan fingerprint density at radius 1 is 1.19 bits per heavy atom. The molecule has 1 aliphatic rings. The van der Waals surface area contributed by atoms with Crippen molar-refractivity contribution in [3.63, 3.8) is 0 Å². The van der Waals surface area contributed by atoms with Gasteiger partial charge >= 0.3 is 0 Å².